The van der Waals surface area contributed by atoms with Crippen LogP contribution in [0, 0.1) is 0 Å². The summed E-state index contributed by atoms with van der Waals surface area (Å²) in [5.74, 6) is 5.29. The molecule has 22 nitrogen and oxygen atoms in total. The van der Waals surface area contributed by atoms with Gasteiger partial charge in [0, 0.05) is 36.9 Å². The van der Waals surface area contributed by atoms with Gasteiger partial charge in [-0.1, -0.05) is 39.5 Å². The number of aromatic nitrogens is 14. The van der Waals surface area contributed by atoms with Gasteiger partial charge in [0.15, 0.2) is 28.0 Å². The molecule has 12 rings (SSSR count). The Kier molecular flexibility index (Phi) is 11.2. The fraction of sp³-hybridized carbons (Fsp3) is 0.500. The number of imidazole rings is 2. The predicted molar refractivity (Wildman–Crippen MR) is 229 cm³/mol. The number of hydrogen-bond acceptors (Lipinski definition) is 16. The minimum absolute atomic E-state index is 0.108. The number of fused-ring (bicyclic) bond motifs is 6. The zero-order valence-electron chi connectivity index (χ0n) is 34.9. The Balaban J connectivity index is 0.000000134. The topological polar surface area (TPSA) is 223 Å². The van der Waals surface area contributed by atoms with Crippen molar-refractivity contribution in [2.24, 2.45) is 0 Å². The number of ether oxygens (including phenoxy) is 2. The molecule has 0 spiro atoms. The fourth-order valence-electron chi connectivity index (χ4n) is 9.51. The number of nitrogens with one attached hydrogen (secondary N) is 1. The average Bonchev–Trinajstić information content (AvgIpc) is 4.15. The van der Waals surface area contributed by atoms with E-state index < -0.39 is 6.09 Å². The van der Waals surface area contributed by atoms with Crippen LogP contribution >= 0.6 is 15.9 Å². The molecular weight excluding hydrogens is 876 g/mol. The van der Waals surface area contributed by atoms with Crippen molar-refractivity contribution in [3.05, 3.63) is 66.2 Å². The Morgan fingerprint density at radius 2 is 1.25 bits per heavy atom. The van der Waals surface area contributed by atoms with E-state index in [2.05, 4.69) is 90.0 Å². The van der Waals surface area contributed by atoms with Gasteiger partial charge in [-0.25, -0.2) is 34.4 Å². The second-order valence-corrected chi connectivity index (χ2v) is 16.6. The van der Waals surface area contributed by atoms with E-state index >= 15 is 0 Å². The molecule has 6 aliphatic rings. The zero-order valence-corrected chi connectivity index (χ0v) is 36.5. The number of anilines is 3. The molecule has 2 atom stereocenters. The first-order chi connectivity index (χ1) is 30.9. The van der Waals surface area contributed by atoms with Crippen molar-refractivity contribution in [3.8, 4) is 23.3 Å². The van der Waals surface area contributed by atoms with E-state index in [1.807, 2.05) is 32.3 Å². The predicted octanol–water partition coefficient (Wildman–Crippen LogP) is 5.36. The minimum atomic E-state index is -0.404. The van der Waals surface area contributed by atoms with Gasteiger partial charge in [0.2, 0.25) is 17.8 Å². The summed E-state index contributed by atoms with van der Waals surface area (Å²) in [6, 6.07) is 1.18. The number of cyclic esters (lactones) is 2. The second-order valence-electron chi connectivity index (χ2n) is 15.9. The summed E-state index contributed by atoms with van der Waals surface area (Å²) in [7, 11) is 0. The van der Waals surface area contributed by atoms with Crippen molar-refractivity contribution in [1.82, 2.24) is 73.9 Å². The van der Waals surface area contributed by atoms with Gasteiger partial charge < -0.3 is 24.6 Å². The molecule has 4 aliphatic heterocycles. The molecule has 63 heavy (non-hydrogen) atoms. The third kappa shape index (κ3) is 7.40. The maximum absolute atomic E-state index is 12.1. The first-order valence-corrected chi connectivity index (χ1v) is 22.4. The molecule has 23 heteroatoms. The molecule has 2 amide bonds. The summed E-state index contributed by atoms with van der Waals surface area (Å²) in [4.78, 5) is 56.1. The number of carbonyl (C=O) groups is 2. The van der Waals surface area contributed by atoms with Crippen molar-refractivity contribution < 1.29 is 19.1 Å². The van der Waals surface area contributed by atoms with Crippen LogP contribution in [0.4, 0.5) is 27.2 Å². The Hall–Kier alpha value is -6.52. The SMILES string of the molecule is CC[C@@H]1c2nncn2-c2cnc(-n3ccnc3Br)nc2N1C1CCCC1.CC[C@@H]1c2nncn2-c2cnc(-n3ccnc3N3CCOC3=O)nc2N1C1CCCC1.O=C1NCCO1. The van der Waals surface area contributed by atoms with Crippen molar-refractivity contribution in [2.75, 3.05) is 41.0 Å². The first kappa shape index (κ1) is 40.5. The lowest BCUT2D eigenvalue weighted by Crippen LogP contribution is -2.42. The largest absolute Gasteiger partial charge is 0.448 e. The maximum atomic E-state index is 12.1. The lowest BCUT2D eigenvalue weighted by atomic mass is 10.0. The van der Waals surface area contributed by atoms with Crippen LogP contribution in [0.25, 0.3) is 23.3 Å². The number of nitrogens with zero attached hydrogens (tertiary/aromatic N) is 17. The van der Waals surface area contributed by atoms with Gasteiger partial charge in [-0.15, -0.1) is 20.4 Å². The molecule has 0 aromatic carbocycles. The third-order valence-corrected chi connectivity index (χ3v) is 12.9. The Bertz CT molecular complexity index is 2590. The first-order valence-electron chi connectivity index (χ1n) is 21.6. The van der Waals surface area contributed by atoms with E-state index in [1.54, 1.807) is 35.8 Å². The van der Waals surface area contributed by atoms with Crippen molar-refractivity contribution >= 4 is 45.7 Å². The number of alkyl carbamates (subject to hydrolysis) is 1. The summed E-state index contributed by atoms with van der Waals surface area (Å²) in [6.45, 7) is 6.37. The van der Waals surface area contributed by atoms with Gasteiger partial charge >= 0.3 is 12.2 Å². The second kappa shape index (κ2) is 17.3. The van der Waals surface area contributed by atoms with Crippen molar-refractivity contribution in [2.45, 2.75) is 102 Å². The van der Waals surface area contributed by atoms with Crippen LogP contribution in [0.2, 0.25) is 0 Å². The van der Waals surface area contributed by atoms with Gasteiger partial charge in [0.25, 0.3) is 0 Å². The molecule has 6 aromatic heterocycles. The molecule has 6 aromatic rings. The number of carbonyl (C=O) groups excluding carboxylic acids is 2. The third-order valence-electron chi connectivity index (χ3n) is 12.4. The summed E-state index contributed by atoms with van der Waals surface area (Å²) in [5, 5.41) is 19.6. The Morgan fingerprint density at radius 1 is 0.698 bits per heavy atom. The number of rotatable bonds is 7. The summed E-state index contributed by atoms with van der Waals surface area (Å²) in [5.41, 5.74) is 1.82. The van der Waals surface area contributed by atoms with E-state index in [1.165, 1.54) is 43.4 Å². The van der Waals surface area contributed by atoms with Crippen LogP contribution in [-0.4, -0.2) is 119 Å². The van der Waals surface area contributed by atoms with Crippen LogP contribution in [0.1, 0.15) is 102 Å². The molecule has 0 radical (unpaired) electrons. The van der Waals surface area contributed by atoms with E-state index in [-0.39, 0.29) is 18.2 Å². The van der Waals surface area contributed by atoms with Gasteiger partial charge in [-0.2, -0.15) is 9.97 Å². The van der Waals surface area contributed by atoms with E-state index in [0.717, 1.165) is 60.3 Å². The van der Waals surface area contributed by atoms with Crippen molar-refractivity contribution in [1.29, 1.82) is 0 Å². The highest BCUT2D eigenvalue weighted by Crippen LogP contribution is 2.44. The van der Waals surface area contributed by atoms with E-state index in [4.69, 9.17) is 14.7 Å². The quantitative estimate of drug-likeness (QED) is 0.213. The zero-order chi connectivity index (χ0) is 43.0. The van der Waals surface area contributed by atoms with Gasteiger partial charge in [0.05, 0.1) is 37.6 Å². The van der Waals surface area contributed by atoms with E-state index in [0.29, 0.717) is 61.0 Å². The fourth-order valence-corrected chi connectivity index (χ4v) is 9.91. The monoisotopic (exact) mass is 922 g/mol. The highest BCUT2D eigenvalue weighted by Gasteiger charge is 2.40. The molecule has 0 unspecified atom stereocenters. The van der Waals surface area contributed by atoms with Gasteiger partial charge in [0.1, 0.15) is 37.2 Å². The van der Waals surface area contributed by atoms with Gasteiger partial charge in [-0.3, -0.25) is 18.3 Å². The van der Waals surface area contributed by atoms with Crippen molar-refractivity contribution in [3.63, 3.8) is 0 Å². The molecule has 2 saturated heterocycles. The van der Waals surface area contributed by atoms with Crippen LogP contribution < -0.4 is 20.0 Å². The summed E-state index contributed by atoms with van der Waals surface area (Å²) in [6.07, 6.45) is 25.0. The van der Waals surface area contributed by atoms with Crippen LogP contribution in [0.3, 0.4) is 0 Å². The average molecular weight is 924 g/mol. The maximum Gasteiger partial charge on any atom is 0.416 e. The van der Waals surface area contributed by atoms with Crippen LogP contribution in [0.15, 0.2) is 54.6 Å². The van der Waals surface area contributed by atoms with E-state index in [9.17, 15) is 9.59 Å². The highest BCUT2D eigenvalue weighted by atomic mass is 79.9. The van der Waals surface area contributed by atoms with Crippen LogP contribution in [-0.2, 0) is 9.47 Å². The minimum Gasteiger partial charge on any atom is -0.448 e. The smallest absolute Gasteiger partial charge is 0.416 e. The van der Waals surface area contributed by atoms with Crippen LogP contribution in [0.5, 0.6) is 0 Å². The number of halogens is 1. The Labute approximate surface area is 370 Å². The number of amides is 2. The summed E-state index contributed by atoms with van der Waals surface area (Å²) >= 11 is 3.46. The molecular formula is C40H47BrN18O4. The standard InChI is InChI=1S/C20H23N9O2.C17H19BrN8.C3H5NO2/c1-2-14-17-25-23-12-28(17)15-11-22-18(24-16(15)29(14)13-5-3-4-6-13)26-8-7-21-19(26)27-9-10-31-20(27)30;1-2-12-15-23-21-10-25(15)13-9-20-17(24-8-7-19-16(24)18)22-14(13)26(12)11-5-3-4-6-11;5-3-4-1-2-6-3/h7-8,11-14H,2-6,9-10H2,1H3;7-12H,2-6H2,1H3;1-2H2,(H,4,5)/t14-;12-;/m11./s1. The normalized spacial score (nSPS) is 20.2. The lowest BCUT2D eigenvalue weighted by Gasteiger charge is -2.40. The van der Waals surface area contributed by atoms with Gasteiger partial charge in [-0.05, 0) is 54.5 Å². The molecule has 10 heterocycles. The summed E-state index contributed by atoms with van der Waals surface area (Å²) < 4.78 is 17.8. The molecule has 2 aliphatic carbocycles. The molecule has 1 N–H and O–H groups in total. The highest BCUT2D eigenvalue weighted by molar-refractivity contribution is 9.10. The molecule has 2 saturated carbocycles. The Morgan fingerprint density at radius 3 is 1.71 bits per heavy atom. The molecule has 328 valence electrons. The molecule has 0 bridgehead atoms. The molecule has 4 fully saturated rings. The number of hydrogen-bond donors (Lipinski definition) is 1. The lowest BCUT2D eigenvalue weighted by molar-refractivity contribution is 0.178.